The molecule has 1 atom stereocenters. The quantitative estimate of drug-likeness (QED) is 0.216. The normalized spacial score (nSPS) is 13.3. The van der Waals surface area contributed by atoms with Gasteiger partial charge in [-0.05, 0) is 36.8 Å². The second-order valence-electron chi connectivity index (χ2n) is 9.22. The first kappa shape index (κ1) is 26.2. The Bertz CT molecular complexity index is 601. The molecule has 2 rings (SSSR count). The fourth-order valence-corrected chi connectivity index (χ4v) is 4.67. The molecule has 0 amide bonds. The van der Waals surface area contributed by atoms with Gasteiger partial charge in [-0.15, -0.1) is 0 Å². The van der Waals surface area contributed by atoms with Gasteiger partial charge in [0.15, 0.2) is 0 Å². The van der Waals surface area contributed by atoms with Crippen molar-refractivity contribution in [2.24, 2.45) is 5.92 Å². The lowest BCUT2D eigenvalue weighted by molar-refractivity contribution is -0.912. The lowest BCUT2D eigenvalue weighted by Gasteiger charge is -2.37. The molecule has 1 unspecified atom stereocenters. The van der Waals surface area contributed by atoms with E-state index in [9.17, 15) is 0 Å². The number of nitrogens with zero attached hydrogens (tertiary/aromatic N) is 1. The fourth-order valence-electron chi connectivity index (χ4n) is 4.67. The zero-order chi connectivity index (χ0) is 20.2. The molecule has 0 N–H and O–H groups in total. The van der Waals surface area contributed by atoms with Crippen LogP contribution in [0.25, 0.3) is 0 Å². The molecule has 29 heavy (non-hydrogen) atoms. The standard InChI is InChI=1S/C27H42N.HI/c1-5-6-7-14-21-28(4,23-24(2)3)22-15-20-27(25-16-10-8-11-17-25)26-18-12-9-13-19-26;/h8-13,16-19,24,27H,5-7,14-15,20-23H2,1-4H3;1H/q+1;/p-1. The number of quaternary nitrogens is 1. The van der Waals surface area contributed by atoms with Gasteiger partial charge in [-0.25, -0.2) is 0 Å². The van der Waals surface area contributed by atoms with Crippen molar-refractivity contribution in [2.45, 2.75) is 65.2 Å². The highest BCUT2D eigenvalue weighted by molar-refractivity contribution is 5.32. The highest BCUT2D eigenvalue weighted by Crippen LogP contribution is 2.29. The molecule has 0 heterocycles. The first-order valence-electron chi connectivity index (χ1n) is 11.5. The van der Waals surface area contributed by atoms with Crippen molar-refractivity contribution in [3.63, 3.8) is 0 Å². The molecule has 2 aromatic rings. The van der Waals surface area contributed by atoms with Crippen LogP contribution < -0.4 is 24.0 Å². The van der Waals surface area contributed by atoms with Gasteiger partial charge < -0.3 is 28.5 Å². The Kier molecular flexibility index (Phi) is 12.8. The van der Waals surface area contributed by atoms with E-state index in [0.29, 0.717) is 5.92 Å². The Morgan fingerprint density at radius 3 is 1.72 bits per heavy atom. The Balaban J connectivity index is 0.00000420. The molecular weight excluding hydrogens is 465 g/mol. The maximum absolute atomic E-state index is 2.49. The molecule has 0 aliphatic rings. The molecule has 1 nitrogen and oxygen atoms in total. The molecule has 2 aromatic carbocycles. The summed E-state index contributed by atoms with van der Waals surface area (Å²) in [7, 11) is 2.49. The minimum absolute atomic E-state index is 0. The molecule has 0 bridgehead atoms. The van der Waals surface area contributed by atoms with E-state index in [4.69, 9.17) is 0 Å². The van der Waals surface area contributed by atoms with Gasteiger partial charge in [0.2, 0.25) is 0 Å². The molecule has 0 fully saturated rings. The zero-order valence-electron chi connectivity index (χ0n) is 19.1. The van der Waals surface area contributed by atoms with E-state index >= 15 is 0 Å². The van der Waals surface area contributed by atoms with Crippen LogP contribution in [0.2, 0.25) is 0 Å². The molecular formula is C27H42IN. The third-order valence-corrected chi connectivity index (χ3v) is 5.95. The van der Waals surface area contributed by atoms with Crippen LogP contribution in [0.4, 0.5) is 0 Å². The van der Waals surface area contributed by atoms with Gasteiger partial charge >= 0.3 is 0 Å². The predicted molar refractivity (Wildman–Crippen MR) is 124 cm³/mol. The second-order valence-corrected chi connectivity index (χ2v) is 9.22. The number of halogens is 1. The molecule has 162 valence electrons. The summed E-state index contributed by atoms with van der Waals surface area (Å²) in [6.07, 6.45) is 7.98. The van der Waals surface area contributed by atoms with Gasteiger partial charge in [0.1, 0.15) is 0 Å². The fraction of sp³-hybridized carbons (Fsp3) is 0.556. The van der Waals surface area contributed by atoms with Gasteiger partial charge in [-0.3, -0.25) is 0 Å². The van der Waals surface area contributed by atoms with Crippen LogP contribution >= 0.6 is 0 Å². The largest absolute Gasteiger partial charge is 1.00 e. The summed E-state index contributed by atoms with van der Waals surface area (Å²) in [6, 6.07) is 22.1. The van der Waals surface area contributed by atoms with E-state index in [1.54, 1.807) is 0 Å². The minimum Gasteiger partial charge on any atom is -1.00 e. The first-order valence-corrected chi connectivity index (χ1v) is 11.5. The average molecular weight is 508 g/mol. The van der Waals surface area contributed by atoms with Crippen molar-refractivity contribution in [1.82, 2.24) is 0 Å². The number of benzene rings is 2. The summed E-state index contributed by atoms with van der Waals surface area (Å²) in [5, 5.41) is 0. The van der Waals surface area contributed by atoms with Crippen LogP contribution in [-0.2, 0) is 0 Å². The van der Waals surface area contributed by atoms with Gasteiger partial charge in [0.25, 0.3) is 0 Å². The Morgan fingerprint density at radius 1 is 0.724 bits per heavy atom. The van der Waals surface area contributed by atoms with Crippen LogP contribution in [0.3, 0.4) is 0 Å². The highest BCUT2D eigenvalue weighted by Gasteiger charge is 2.23. The third-order valence-electron chi connectivity index (χ3n) is 5.95. The lowest BCUT2D eigenvalue weighted by atomic mass is 9.87. The SMILES string of the molecule is CCCCCC[N+](C)(CCCC(c1ccccc1)c1ccccc1)CC(C)C.[I-]. The van der Waals surface area contributed by atoms with Gasteiger partial charge in [0, 0.05) is 11.8 Å². The van der Waals surface area contributed by atoms with Crippen molar-refractivity contribution in [3.8, 4) is 0 Å². The highest BCUT2D eigenvalue weighted by atomic mass is 127. The molecule has 0 radical (unpaired) electrons. The molecule has 0 saturated heterocycles. The smallest absolute Gasteiger partial charge is 0.0807 e. The van der Waals surface area contributed by atoms with Gasteiger partial charge in [0.05, 0.1) is 26.7 Å². The van der Waals surface area contributed by atoms with Crippen molar-refractivity contribution in [2.75, 3.05) is 26.7 Å². The Hall–Kier alpha value is -0.870. The summed E-state index contributed by atoms with van der Waals surface area (Å²) in [4.78, 5) is 0. The van der Waals surface area contributed by atoms with Crippen LogP contribution in [0.1, 0.15) is 76.3 Å². The number of rotatable bonds is 13. The number of hydrogen-bond acceptors (Lipinski definition) is 0. The van der Waals surface area contributed by atoms with E-state index < -0.39 is 0 Å². The van der Waals surface area contributed by atoms with E-state index in [2.05, 4.69) is 88.5 Å². The molecule has 0 saturated carbocycles. The molecule has 2 heteroatoms. The summed E-state index contributed by atoms with van der Waals surface area (Å²) in [6.45, 7) is 11.0. The molecule has 0 aliphatic heterocycles. The van der Waals surface area contributed by atoms with Crippen LogP contribution in [0, 0.1) is 5.92 Å². The van der Waals surface area contributed by atoms with E-state index in [1.807, 2.05) is 0 Å². The van der Waals surface area contributed by atoms with Crippen LogP contribution in [-0.4, -0.2) is 31.2 Å². The third kappa shape index (κ3) is 9.65. The van der Waals surface area contributed by atoms with Crippen molar-refractivity contribution < 1.29 is 28.5 Å². The average Bonchev–Trinajstić information content (AvgIpc) is 2.69. The first-order chi connectivity index (χ1) is 13.5. The maximum Gasteiger partial charge on any atom is 0.0807 e. The Morgan fingerprint density at radius 2 is 1.24 bits per heavy atom. The van der Waals surface area contributed by atoms with E-state index in [-0.39, 0.29) is 24.0 Å². The van der Waals surface area contributed by atoms with Crippen molar-refractivity contribution >= 4 is 0 Å². The van der Waals surface area contributed by atoms with Crippen LogP contribution in [0.15, 0.2) is 60.7 Å². The lowest BCUT2D eigenvalue weighted by Crippen LogP contribution is -3.00. The van der Waals surface area contributed by atoms with E-state index in [1.165, 1.54) is 73.8 Å². The van der Waals surface area contributed by atoms with Crippen molar-refractivity contribution in [1.29, 1.82) is 0 Å². The topological polar surface area (TPSA) is 0 Å². The van der Waals surface area contributed by atoms with Gasteiger partial charge in [-0.2, -0.15) is 0 Å². The molecule has 0 aliphatic carbocycles. The minimum atomic E-state index is 0. The van der Waals surface area contributed by atoms with Gasteiger partial charge in [-0.1, -0.05) is 94.3 Å². The summed E-state index contributed by atoms with van der Waals surface area (Å²) in [5.74, 6) is 1.27. The number of hydrogen-bond donors (Lipinski definition) is 0. The zero-order valence-corrected chi connectivity index (χ0v) is 21.3. The second kappa shape index (κ2) is 14.2. The molecule has 0 spiro atoms. The van der Waals surface area contributed by atoms with Crippen molar-refractivity contribution in [3.05, 3.63) is 71.8 Å². The number of unbranched alkanes of at least 4 members (excludes halogenated alkanes) is 3. The maximum atomic E-state index is 2.49. The molecule has 0 aromatic heterocycles. The Labute approximate surface area is 197 Å². The predicted octanol–water partition coefficient (Wildman–Crippen LogP) is 4.29. The summed E-state index contributed by atoms with van der Waals surface area (Å²) in [5.41, 5.74) is 2.91. The summed E-state index contributed by atoms with van der Waals surface area (Å²) < 4.78 is 1.23. The van der Waals surface area contributed by atoms with E-state index in [0.717, 1.165) is 5.92 Å². The van der Waals surface area contributed by atoms with Crippen LogP contribution in [0.5, 0.6) is 0 Å². The summed E-state index contributed by atoms with van der Waals surface area (Å²) >= 11 is 0. The monoisotopic (exact) mass is 507 g/mol.